The highest BCUT2D eigenvalue weighted by Gasteiger charge is 2.31. The van der Waals surface area contributed by atoms with E-state index in [1.54, 1.807) is 4.90 Å². The van der Waals surface area contributed by atoms with E-state index in [0.717, 1.165) is 0 Å². The van der Waals surface area contributed by atoms with Crippen molar-refractivity contribution >= 4 is 39.1 Å². The molecule has 1 aromatic rings. The van der Waals surface area contributed by atoms with Crippen LogP contribution in [-0.2, 0) is 14.8 Å². The molecule has 22 heavy (non-hydrogen) atoms. The Morgan fingerprint density at radius 2 is 1.82 bits per heavy atom. The third-order valence-electron chi connectivity index (χ3n) is 3.46. The van der Waals surface area contributed by atoms with Crippen molar-refractivity contribution in [1.82, 2.24) is 9.21 Å². The van der Waals surface area contributed by atoms with Gasteiger partial charge in [-0.05, 0) is 18.2 Å². The molecule has 6 nitrogen and oxygen atoms in total. The van der Waals surface area contributed by atoms with Crippen molar-refractivity contribution in [2.75, 3.05) is 32.7 Å². The lowest BCUT2D eigenvalue weighted by Crippen LogP contribution is -2.50. The largest absolute Gasteiger partial charge is 0.340 e. The molecule has 0 bridgehead atoms. The molecule has 1 heterocycles. The monoisotopic (exact) mass is 365 g/mol. The van der Waals surface area contributed by atoms with Crippen molar-refractivity contribution in [2.45, 2.75) is 11.3 Å². The number of amides is 1. The minimum Gasteiger partial charge on any atom is -0.340 e. The summed E-state index contributed by atoms with van der Waals surface area (Å²) in [4.78, 5) is 13.4. The zero-order chi connectivity index (χ0) is 16.3. The van der Waals surface area contributed by atoms with E-state index < -0.39 is 10.0 Å². The molecular weight excluding hydrogens is 349 g/mol. The molecule has 2 rings (SSSR count). The van der Waals surface area contributed by atoms with Crippen molar-refractivity contribution in [3.63, 3.8) is 0 Å². The van der Waals surface area contributed by atoms with Gasteiger partial charge in [-0.2, -0.15) is 4.31 Å². The summed E-state index contributed by atoms with van der Waals surface area (Å²) < 4.78 is 26.6. The van der Waals surface area contributed by atoms with Crippen LogP contribution in [-0.4, -0.2) is 56.3 Å². The smallest absolute Gasteiger partial charge is 0.244 e. The average Bonchev–Trinajstić information content (AvgIpc) is 2.50. The SMILES string of the molecule is NCCC(=O)N1CCN(S(=O)(=O)c2cc(Cl)ccc2Cl)CC1. The second-order valence-corrected chi connectivity index (χ2v) is 7.65. The zero-order valence-electron chi connectivity index (χ0n) is 11.8. The Kier molecular flexibility index (Phi) is 5.68. The lowest BCUT2D eigenvalue weighted by molar-refractivity contribution is -0.132. The molecule has 0 unspecified atom stereocenters. The van der Waals surface area contributed by atoms with Gasteiger partial charge in [0, 0.05) is 44.2 Å². The molecule has 1 amide bonds. The van der Waals surface area contributed by atoms with Gasteiger partial charge in [-0.15, -0.1) is 0 Å². The van der Waals surface area contributed by atoms with Crippen molar-refractivity contribution in [2.24, 2.45) is 5.73 Å². The summed E-state index contributed by atoms with van der Waals surface area (Å²) in [7, 11) is -3.72. The fourth-order valence-corrected chi connectivity index (χ4v) is 4.43. The summed E-state index contributed by atoms with van der Waals surface area (Å²) in [6.45, 7) is 1.42. The third-order valence-corrected chi connectivity index (χ3v) is 6.08. The van der Waals surface area contributed by atoms with Gasteiger partial charge in [0.25, 0.3) is 0 Å². The van der Waals surface area contributed by atoms with Crippen LogP contribution in [0, 0.1) is 0 Å². The van der Waals surface area contributed by atoms with Gasteiger partial charge in [0.1, 0.15) is 4.90 Å². The zero-order valence-corrected chi connectivity index (χ0v) is 14.2. The summed E-state index contributed by atoms with van der Waals surface area (Å²) in [6.07, 6.45) is 0.271. The number of piperazine rings is 1. The van der Waals surface area contributed by atoms with Crippen LogP contribution in [0.2, 0.25) is 10.0 Å². The van der Waals surface area contributed by atoms with Gasteiger partial charge in [0.2, 0.25) is 15.9 Å². The van der Waals surface area contributed by atoms with Crippen LogP contribution < -0.4 is 5.73 Å². The Morgan fingerprint density at radius 3 is 2.41 bits per heavy atom. The third kappa shape index (κ3) is 3.72. The molecule has 0 aromatic heterocycles. The molecule has 122 valence electrons. The lowest BCUT2D eigenvalue weighted by atomic mass is 10.3. The lowest BCUT2D eigenvalue weighted by Gasteiger charge is -2.34. The Bertz CT molecular complexity index is 658. The highest BCUT2D eigenvalue weighted by Crippen LogP contribution is 2.28. The summed E-state index contributed by atoms with van der Waals surface area (Å²) >= 11 is 11.8. The normalized spacial score (nSPS) is 16.8. The van der Waals surface area contributed by atoms with E-state index in [-0.39, 0.29) is 41.9 Å². The molecule has 1 aliphatic heterocycles. The van der Waals surface area contributed by atoms with E-state index in [4.69, 9.17) is 28.9 Å². The Hall–Kier alpha value is -0.860. The molecule has 1 fully saturated rings. The minimum absolute atomic E-state index is 0.0107. The maximum absolute atomic E-state index is 12.6. The molecule has 0 atom stereocenters. The maximum Gasteiger partial charge on any atom is 0.244 e. The fraction of sp³-hybridized carbons (Fsp3) is 0.462. The first kappa shape index (κ1) is 17.5. The minimum atomic E-state index is -3.72. The molecule has 0 saturated carbocycles. The van der Waals surface area contributed by atoms with Gasteiger partial charge in [0.15, 0.2) is 0 Å². The summed E-state index contributed by atoms with van der Waals surface area (Å²) in [5.41, 5.74) is 5.36. The quantitative estimate of drug-likeness (QED) is 0.867. The van der Waals surface area contributed by atoms with Gasteiger partial charge in [-0.1, -0.05) is 23.2 Å². The number of carbonyl (C=O) groups is 1. The topological polar surface area (TPSA) is 83.7 Å². The predicted molar refractivity (Wildman–Crippen MR) is 85.5 cm³/mol. The van der Waals surface area contributed by atoms with Crippen LogP contribution in [0.15, 0.2) is 23.1 Å². The standard InChI is InChI=1S/C13H17Cl2N3O3S/c14-10-1-2-11(15)12(9-10)22(20,21)18-7-5-17(6-8-18)13(19)3-4-16/h1-2,9H,3-8,16H2. The van der Waals surface area contributed by atoms with Gasteiger partial charge >= 0.3 is 0 Å². The van der Waals surface area contributed by atoms with E-state index >= 15 is 0 Å². The van der Waals surface area contributed by atoms with Crippen molar-refractivity contribution in [3.8, 4) is 0 Å². The van der Waals surface area contributed by atoms with Crippen LogP contribution in [0.1, 0.15) is 6.42 Å². The van der Waals surface area contributed by atoms with Crippen LogP contribution in [0.3, 0.4) is 0 Å². The second-order valence-electron chi connectivity index (χ2n) is 4.90. The summed E-state index contributed by atoms with van der Waals surface area (Å²) in [5.74, 6) is -0.0552. The van der Waals surface area contributed by atoms with Gasteiger partial charge < -0.3 is 10.6 Å². The summed E-state index contributed by atoms with van der Waals surface area (Å²) in [5, 5.41) is 0.436. The molecule has 0 spiro atoms. The molecule has 9 heteroatoms. The molecule has 0 aliphatic carbocycles. The summed E-state index contributed by atoms with van der Waals surface area (Å²) in [6, 6.07) is 4.33. The molecular formula is C13H17Cl2N3O3S. The second kappa shape index (κ2) is 7.14. The Morgan fingerprint density at radius 1 is 1.18 bits per heavy atom. The molecule has 1 aliphatic rings. The first-order valence-corrected chi connectivity index (χ1v) is 8.99. The Balaban J connectivity index is 2.13. The van der Waals surface area contributed by atoms with Crippen molar-refractivity contribution in [1.29, 1.82) is 0 Å². The van der Waals surface area contributed by atoms with Crippen LogP contribution in [0.4, 0.5) is 0 Å². The molecule has 1 aromatic carbocycles. The molecule has 1 saturated heterocycles. The van der Waals surface area contributed by atoms with E-state index in [1.165, 1.54) is 22.5 Å². The number of sulfonamides is 1. The number of nitrogens with zero attached hydrogens (tertiary/aromatic N) is 2. The van der Waals surface area contributed by atoms with Gasteiger partial charge in [-0.25, -0.2) is 8.42 Å². The number of carbonyl (C=O) groups excluding carboxylic acids is 1. The average molecular weight is 366 g/mol. The number of hydrogen-bond donors (Lipinski definition) is 1. The first-order valence-electron chi connectivity index (χ1n) is 6.79. The van der Waals surface area contributed by atoms with E-state index in [0.29, 0.717) is 18.1 Å². The molecule has 2 N–H and O–H groups in total. The van der Waals surface area contributed by atoms with Crippen LogP contribution >= 0.6 is 23.2 Å². The number of nitrogens with two attached hydrogens (primary N) is 1. The highest BCUT2D eigenvalue weighted by molar-refractivity contribution is 7.89. The highest BCUT2D eigenvalue weighted by atomic mass is 35.5. The van der Waals surface area contributed by atoms with Crippen molar-refractivity contribution in [3.05, 3.63) is 28.2 Å². The van der Waals surface area contributed by atoms with Crippen LogP contribution in [0.5, 0.6) is 0 Å². The van der Waals surface area contributed by atoms with Gasteiger partial charge in [0.05, 0.1) is 5.02 Å². The van der Waals surface area contributed by atoms with E-state index in [1.807, 2.05) is 0 Å². The molecule has 0 radical (unpaired) electrons. The fourth-order valence-electron chi connectivity index (χ4n) is 2.27. The number of halogens is 2. The maximum atomic E-state index is 12.6. The van der Waals surface area contributed by atoms with E-state index in [2.05, 4.69) is 0 Å². The van der Waals surface area contributed by atoms with Gasteiger partial charge in [-0.3, -0.25) is 4.79 Å². The van der Waals surface area contributed by atoms with E-state index in [9.17, 15) is 13.2 Å². The first-order chi connectivity index (χ1) is 10.4. The predicted octanol–water partition coefficient (Wildman–Crippen LogP) is 1.18. The van der Waals surface area contributed by atoms with Crippen LogP contribution in [0.25, 0.3) is 0 Å². The number of hydrogen-bond acceptors (Lipinski definition) is 4. The number of benzene rings is 1. The Labute approximate surface area is 139 Å². The number of rotatable bonds is 4. The van der Waals surface area contributed by atoms with Crippen molar-refractivity contribution < 1.29 is 13.2 Å².